The lowest BCUT2D eigenvalue weighted by Crippen LogP contribution is -2.47. The fourth-order valence-corrected chi connectivity index (χ4v) is 3.13. The van der Waals surface area contributed by atoms with E-state index in [0.717, 1.165) is 5.69 Å². The molecule has 0 spiro atoms. The summed E-state index contributed by atoms with van der Waals surface area (Å²) < 4.78 is 0. The van der Waals surface area contributed by atoms with Crippen molar-refractivity contribution in [1.82, 2.24) is 19.9 Å². The minimum Gasteiger partial charge on any atom is -0.310 e. The Kier molecular flexibility index (Phi) is 6.08. The fraction of sp³-hybridized carbons (Fsp3) is 0.421. The molecule has 3 rings (SSSR count). The molecule has 1 fully saturated rings. The largest absolute Gasteiger partial charge is 0.310 e. The minimum atomic E-state index is -0.309. The Hall–Kier alpha value is -2.87. The summed E-state index contributed by atoms with van der Waals surface area (Å²) in [5.74, 6) is 0.652. The maximum atomic E-state index is 12.5. The molecule has 2 N–H and O–H groups in total. The number of hydrogen-bond acceptors (Lipinski definition) is 6. The first kappa shape index (κ1) is 18.9. The summed E-state index contributed by atoms with van der Waals surface area (Å²) in [7, 11) is 0. The third-order valence-corrected chi connectivity index (χ3v) is 4.77. The second-order valence-corrected chi connectivity index (χ2v) is 6.70. The molecule has 0 unspecified atom stereocenters. The predicted octanol–water partition coefficient (Wildman–Crippen LogP) is 1.86. The number of nitrogens with one attached hydrogen (secondary N) is 2. The molecule has 2 amide bonds. The van der Waals surface area contributed by atoms with E-state index in [1.165, 1.54) is 0 Å². The number of hydrogen-bond donors (Lipinski definition) is 2. The molecule has 2 aromatic heterocycles. The van der Waals surface area contributed by atoms with Crippen LogP contribution in [0.5, 0.6) is 0 Å². The van der Waals surface area contributed by atoms with E-state index in [1.807, 2.05) is 26.0 Å². The van der Waals surface area contributed by atoms with Gasteiger partial charge in [-0.05, 0) is 58.0 Å². The van der Waals surface area contributed by atoms with E-state index in [9.17, 15) is 9.59 Å². The minimum absolute atomic E-state index is 0.0115. The first-order valence-corrected chi connectivity index (χ1v) is 9.09. The van der Waals surface area contributed by atoms with Gasteiger partial charge in [0, 0.05) is 24.0 Å². The van der Waals surface area contributed by atoms with E-state index in [1.54, 1.807) is 24.5 Å². The van der Waals surface area contributed by atoms with Crippen LogP contribution in [0.2, 0.25) is 0 Å². The fourth-order valence-electron chi connectivity index (χ4n) is 3.13. The van der Waals surface area contributed by atoms with Crippen LogP contribution in [0.1, 0.15) is 25.5 Å². The van der Waals surface area contributed by atoms with Gasteiger partial charge in [-0.1, -0.05) is 6.07 Å². The van der Waals surface area contributed by atoms with Crippen LogP contribution in [-0.2, 0) is 9.59 Å². The zero-order valence-corrected chi connectivity index (χ0v) is 15.6. The molecule has 8 heteroatoms. The lowest BCUT2D eigenvalue weighted by Gasteiger charge is -2.34. The maximum Gasteiger partial charge on any atom is 0.243 e. The van der Waals surface area contributed by atoms with Crippen molar-refractivity contribution in [2.24, 2.45) is 5.92 Å². The monoisotopic (exact) mass is 368 g/mol. The van der Waals surface area contributed by atoms with Crippen molar-refractivity contribution >= 4 is 23.6 Å². The van der Waals surface area contributed by atoms with Gasteiger partial charge in [0.2, 0.25) is 17.8 Å². The molecule has 0 saturated carbocycles. The topological polar surface area (TPSA) is 100 Å². The summed E-state index contributed by atoms with van der Waals surface area (Å²) in [5, 5.41) is 5.61. The number of anilines is 2. The number of amides is 2. The number of rotatable bonds is 5. The molecule has 0 aliphatic carbocycles. The summed E-state index contributed by atoms with van der Waals surface area (Å²) in [5.41, 5.74) is 0.866. The van der Waals surface area contributed by atoms with E-state index < -0.39 is 0 Å². The van der Waals surface area contributed by atoms with Gasteiger partial charge >= 0.3 is 0 Å². The number of aromatic nitrogens is 3. The normalized spacial score (nSPS) is 16.5. The van der Waals surface area contributed by atoms with Crippen LogP contribution in [0.4, 0.5) is 11.8 Å². The molecule has 1 saturated heterocycles. The van der Waals surface area contributed by atoms with Crippen molar-refractivity contribution in [2.75, 3.05) is 23.7 Å². The number of piperidine rings is 1. The average Bonchev–Trinajstić information content (AvgIpc) is 2.68. The van der Waals surface area contributed by atoms with Gasteiger partial charge in [0.15, 0.2) is 0 Å². The van der Waals surface area contributed by atoms with Crippen molar-refractivity contribution in [3.63, 3.8) is 0 Å². The Morgan fingerprint density at radius 2 is 1.81 bits per heavy atom. The Bertz CT molecular complexity index is 790. The Morgan fingerprint density at radius 3 is 2.48 bits per heavy atom. The quantitative estimate of drug-likeness (QED) is 0.835. The van der Waals surface area contributed by atoms with Crippen LogP contribution in [0, 0.1) is 12.8 Å². The van der Waals surface area contributed by atoms with Crippen LogP contribution in [0.3, 0.4) is 0 Å². The van der Waals surface area contributed by atoms with Crippen LogP contribution in [0.25, 0.3) is 0 Å². The molecule has 0 radical (unpaired) electrons. The van der Waals surface area contributed by atoms with E-state index >= 15 is 0 Å². The number of pyridine rings is 1. The zero-order valence-electron chi connectivity index (χ0n) is 15.6. The van der Waals surface area contributed by atoms with E-state index in [2.05, 4.69) is 30.5 Å². The van der Waals surface area contributed by atoms with Gasteiger partial charge in [0.25, 0.3) is 0 Å². The highest BCUT2D eigenvalue weighted by Gasteiger charge is 2.30. The lowest BCUT2D eigenvalue weighted by molar-refractivity contribution is -0.123. The molecule has 1 aliphatic heterocycles. The summed E-state index contributed by atoms with van der Waals surface area (Å²) >= 11 is 0. The zero-order chi connectivity index (χ0) is 19.2. The Balaban J connectivity index is 1.49. The molecule has 2 aromatic rings. The number of carbonyl (C=O) groups excluding carboxylic acids is 2. The van der Waals surface area contributed by atoms with E-state index in [4.69, 9.17) is 0 Å². The second kappa shape index (κ2) is 8.68. The molecule has 0 aromatic carbocycles. The van der Waals surface area contributed by atoms with Crippen LogP contribution >= 0.6 is 0 Å². The third-order valence-electron chi connectivity index (χ3n) is 4.77. The van der Waals surface area contributed by atoms with Gasteiger partial charge in [-0.3, -0.25) is 19.8 Å². The van der Waals surface area contributed by atoms with Gasteiger partial charge in [-0.2, -0.15) is 0 Å². The van der Waals surface area contributed by atoms with Gasteiger partial charge in [0.05, 0.1) is 6.04 Å². The van der Waals surface area contributed by atoms with Crippen molar-refractivity contribution in [1.29, 1.82) is 0 Å². The first-order valence-electron chi connectivity index (χ1n) is 9.09. The van der Waals surface area contributed by atoms with Crippen molar-refractivity contribution in [3.05, 3.63) is 42.4 Å². The molecule has 142 valence electrons. The molecule has 27 heavy (non-hydrogen) atoms. The van der Waals surface area contributed by atoms with Gasteiger partial charge < -0.3 is 5.32 Å². The highest BCUT2D eigenvalue weighted by molar-refractivity contribution is 5.93. The highest BCUT2D eigenvalue weighted by Crippen LogP contribution is 2.21. The van der Waals surface area contributed by atoms with Gasteiger partial charge in [0.1, 0.15) is 5.82 Å². The molecule has 3 heterocycles. The number of aryl methyl sites for hydroxylation is 1. The summed E-state index contributed by atoms with van der Waals surface area (Å²) in [4.78, 5) is 39.2. The maximum absolute atomic E-state index is 12.5. The van der Waals surface area contributed by atoms with Crippen molar-refractivity contribution < 1.29 is 9.59 Å². The SMILES string of the molecule is Cc1cccc(NC(=O)C2CCN([C@@H](C)C(=O)Nc3ncccn3)CC2)n1. The van der Waals surface area contributed by atoms with Crippen LogP contribution in [-0.4, -0.2) is 50.8 Å². The smallest absolute Gasteiger partial charge is 0.243 e. The summed E-state index contributed by atoms with van der Waals surface area (Å²) in [6.07, 6.45) is 4.58. The van der Waals surface area contributed by atoms with Gasteiger partial charge in [-0.25, -0.2) is 15.0 Å². The van der Waals surface area contributed by atoms with Crippen molar-refractivity contribution in [2.45, 2.75) is 32.7 Å². The standard InChI is InChI=1S/C19H24N6O2/c1-13-5-3-6-16(22-13)23-18(27)15-7-11-25(12-8-15)14(2)17(26)24-19-20-9-4-10-21-19/h3-6,9-10,14-15H,7-8,11-12H2,1-2H3,(H,22,23,27)(H,20,21,24,26)/t14-/m0/s1. The third kappa shape index (κ3) is 5.07. The highest BCUT2D eigenvalue weighted by atomic mass is 16.2. The van der Waals surface area contributed by atoms with Crippen LogP contribution in [0.15, 0.2) is 36.7 Å². The summed E-state index contributed by atoms with van der Waals surface area (Å²) in [6, 6.07) is 6.94. The van der Waals surface area contributed by atoms with E-state index in [-0.39, 0.29) is 23.8 Å². The number of carbonyl (C=O) groups is 2. The average molecular weight is 368 g/mol. The molecular weight excluding hydrogens is 344 g/mol. The van der Waals surface area contributed by atoms with Gasteiger partial charge in [-0.15, -0.1) is 0 Å². The second-order valence-electron chi connectivity index (χ2n) is 6.70. The van der Waals surface area contributed by atoms with Crippen molar-refractivity contribution in [3.8, 4) is 0 Å². The molecule has 1 aliphatic rings. The number of nitrogens with zero attached hydrogens (tertiary/aromatic N) is 4. The van der Waals surface area contributed by atoms with E-state index in [0.29, 0.717) is 37.7 Å². The molecule has 0 bridgehead atoms. The molecule has 1 atom stereocenters. The first-order chi connectivity index (χ1) is 13.0. The predicted molar refractivity (Wildman–Crippen MR) is 102 cm³/mol. The molecular formula is C19H24N6O2. The molecule has 8 nitrogen and oxygen atoms in total. The Morgan fingerprint density at radius 1 is 1.11 bits per heavy atom. The lowest BCUT2D eigenvalue weighted by atomic mass is 9.95. The summed E-state index contributed by atoms with van der Waals surface area (Å²) in [6.45, 7) is 5.11. The van der Waals surface area contributed by atoms with Crippen LogP contribution < -0.4 is 10.6 Å². The number of likely N-dealkylation sites (tertiary alicyclic amines) is 1. The Labute approximate surface area is 158 Å².